The van der Waals surface area contributed by atoms with Crippen LogP contribution in [0.3, 0.4) is 0 Å². The van der Waals surface area contributed by atoms with Gasteiger partial charge in [0, 0.05) is 0 Å². The zero-order chi connectivity index (χ0) is 12.7. The third-order valence-corrected chi connectivity index (χ3v) is 4.28. The molecule has 0 aromatic rings. The number of carbonyl (C=O) groups is 2. The molecule has 1 aliphatic heterocycles. The summed E-state index contributed by atoms with van der Waals surface area (Å²) in [5.41, 5.74) is -1.65. The number of rotatable bonds is 2. The lowest BCUT2D eigenvalue weighted by molar-refractivity contribution is -0.155. The smallest absolute Gasteiger partial charge is 0.328 e. The lowest BCUT2D eigenvalue weighted by Gasteiger charge is -2.40. The Morgan fingerprint density at radius 3 is 2.82 bits per heavy atom. The maximum absolute atomic E-state index is 12.1. The summed E-state index contributed by atoms with van der Waals surface area (Å²) in [5, 5.41) is 0. The average Bonchev–Trinajstić information content (AvgIpc) is 2.49. The molecule has 3 nitrogen and oxygen atoms in total. The molecule has 1 fully saturated rings. The predicted molar refractivity (Wildman–Crippen MR) is 64.0 cm³/mol. The summed E-state index contributed by atoms with van der Waals surface area (Å²) in [7, 11) is 0. The van der Waals surface area contributed by atoms with Crippen LogP contribution in [-0.2, 0) is 14.3 Å². The highest BCUT2D eigenvalue weighted by atomic mass is 16.6. The van der Waals surface area contributed by atoms with Gasteiger partial charge in [0.1, 0.15) is 5.41 Å². The standard InChI is InChI=1S/C14H18O3/c1-4-5-8-14-9-6-7-10(2)13(14,3)11(15)17-12(14)16/h5-6,8-10H,4,7H2,1-3H3. The van der Waals surface area contributed by atoms with Gasteiger partial charge in [-0.3, -0.25) is 9.59 Å². The number of fused-ring (bicyclic) bond motifs is 1. The second-order valence-corrected chi connectivity index (χ2v) is 5.10. The highest BCUT2D eigenvalue weighted by Crippen LogP contribution is 2.56. The molecule has 3 atom stereocenters. The fourth-order valence-corrected chi connectivity index (χ4v) is 2.80. The molecule has 0 N–H and O–H groups in total. The van der Waals surface area contributed by atoms with Gasteiger partial charge in [0.2, 0.25) is 0 Å². The number of hydrogen-bond acceptors (Lipinski definition) is 3. The minimum Gasteiger partial charge on any atom is -0.392 e. The molecule has 0 aromatic heterocycles. The maximum Gasteiger partial charge on any atom is 0.328 e. The van der Waals surface area contributed by atoms with Crippen LogP contribution in [0.5, 0.6) is 0 Å². The maximum atomic E-state index is 12.1. The number of esters is 2. The Morgan fingerprint density at radius 2 is 2.18 bits per heavy atom. The van der Waals surface area contributed by atoms with E-state index in [0.717, 1.165) is 12.8 Å². The molecule has 3 heteroatoms. The molecule has 1 heterocycles. The molecule has 1 aliphatic carbocycles. The molecule has 2 rings (SSSR count). The van der Waals surface area contributed by atoms with Gasteiger partial charge in [-0.05, 0) is 25.7 Å². The molecule has 0 bridgehead atoms. The van der Waals surface area contributed by atoms with Crippen molar-refractivity contribution in [3.8, 4) is 0 Å². The number of hydrogen-bond donors (Lipinski definition) is 0. The van der Waals surface area contributed by atoms with Crippen molar-refractivity contribution in [1.29, 1.82) is 0 Å². The van der Waals surface area contributed by atoms with Gasteiger partial charge in [-0.2, -0.15) is 0 Å². The van der Waals surface area contributed by atoms with Crippen LogP contribution < -0.4 is 0 Å². The zero-order valence-corrected chi connectivity index (χ0v) is 10.5. The Bertz CT molecular complexity index is 421. The number of allylic oxidation sites excluding steroid dienone is 2. The minimum atomic E-state index is -0.891. The van der Waals surface area contributed by atoms with Crippen LogP contribution in [0, 0.1) is 16.7 Å². The van der Waals surface area contributed by atoms with Gasteiger partial charge in [0.15, 0.2) is 0 Å². The molecular weight excluding hydrogens is 216 g/mol. The van der Waals surface area contributed by atoms with Gasteiger partial charge in [-0.25, -0.2) is 0 Å². The van der Waals surface area contributed by atoms with Gasteiger partial charge >= 0.3 is 11.9 Å². The summed E-state index contributed by atoms with van der Waals surface area (Å²) in [5.74, 6) is -0.717. The lowest BCUT2D eigenvalue weighted by atomic mass is 9.56. The first-order valence-electron chi connectivity index (χ1n) is 6.11. The zero-order valence-electron chi connectivity index (χ0n) is 10.5. The Morgan fingerprint density at radius 1 is 1.47 bits per heavy atom. The fourth-order valence-electron chi connectivity index (χ4n) is 2.80. The molecule has 92 valence electrons. The van der Waals surface area contributed by atoms with Crippen molar-refractivity contribution in [3.05, 3.63) is 24.3 Å². The van der Waals surface area contributed by atoms with E-state index in [1.54, 1.807) is 0 Å². The second kappa shape index (κ2) is 3.83. The van der Waals surface area contributed by atoms with Gasteiger partial charge < -0.3 is 4.74 Å². The molecule has 0 radical (unpaired) electrons. The van der Waals surface area contributed by atoms with Crippen LogP contribution >= 0.6 is 0 Å². The van der Waals surface area contributed by atoms with Crippen molar-refractivity contribution in [3.63, 3.8) is 0 Å². The Balaban J connectivity index is 2.60. The molecule has 1 saturated heterocycles. The van der Waals surface area contributed by atoms with E-state index in [4.69, 9.17) is 4.74 Å². The topological polar surface area (TPSA) is 43.4 Å². The molecule has 3 unspecified atom stereocenters. The van der Waals surface area contributed by atoms with Crippen molar-refractivity contribution in [2.75, 3.05) is 0 Å². The summed E-state index contributed by atoms with van der Waals surface area (Å²) in [6, 6.07) is 0. The SMILES string of the molecule is CCC=CC12C=CCC(C)C1(C)C(=O)OC2=O. The molecule has 0 aromatic carbocycles. The molecule has 0 spiro atoms. The highest BCUT2D eigenvalue weighted by molar-refractivity contribution is 6.04. The van der Waals surface area contributed by atoms with Crippen LogP contribution in [-0.4, -0.2) is 11.9 Å². The first kappa shape index (κ1) is 12.1. The van der Waals surface area contributed by atoms with Gasteiger partial charge in [-0.15, -0.1) is 0 Å². The van der Waals surface area contributed by atoms with Crippen molar-refractivity contribution in [1.82, 2.24) is 0 Å². The molecule has 2 aliphatic rings. The monoisotopic (exact) mass is 234 g/mol. The lowest BCUT2D eigenvalue weighted by Crippen LogP contribution is -2.46. The Kier molecular flexibility index (Phi) is 2.72. The summed E-state index contributed by atoms with van der Waals surface area (Å²) in [6.45, 7) is 5.84. The fraction of sp³-hybridized carbons (Fsp3) is 0.571. The first-order chi connectivity index (χ1) is 7.99. The van der Waals surface area contributed by atoms with E-state index in [-0.39, 0.29) is 11.9 Å². The van der Waals surface area contributed by atoms with Crippen molar-refractivity contribution in [2.24, 2.45) is 16.7 Å². The van der Waals surface area contributed by atoms with Gasteiger partial charge in [0.25, 0.3) is 0 Å². The van der Waals surface area contributed by atoms with E-state index in [9.17, 15) is 9.59 Å². The molecular formula is C14H18O3. The summed E-state index contributed by atoms with van der Waals surface area (Å²) < 4.78 is 4.90. The Hall–Kier alpha value is -1.38. The summed E-state index contributed by atoms with van der Waals surface area (Å²) in [6.07, 6.45) is 9.23. The Labute approximate surface area is 102 Å². The number of cyclic esters (lactones) is 2. The average molecular weight is 234 g/mol. The van der Waals surface area contributed by atoms with E-state index in [1.165, 1.54) is 0 Å². The first-order valence-corrected chi connectivity index (χ1v) is 6.11. The molecule has 0 amide bonds. The minimum absolute atomic E-state index is 0.105. The quantitative estimate of drug-likeness (QED) is 0.419. The number of ether oxygens (including phenoxy) is 1. The van der Waals surface area contributed by atoms with Gasteiger partial charge in [0.05, 0.1) is 5.41 Å². The van der Waals surface area contributed by atoms with Crippen LogP contribution in [0.15, 0.2) is 24.3 Å². The van der Waals surface area contributed by atoms with E-state index < -0.39 is 16.8 Å². The highest BCUT2D eigenvalue weighted by Gasteiger charge is 2.66. The number of carbonyl (C=O) groups excluding carboxylic acids is 2. The van der Waals surface area contributed by atoms with Crippen molar-refractivity contribution in [2.45, 2.75) is 33.6 Å². The third-order valence-electron chi connectivity index (χ3n) is 4.28. The van der Waals surface area contributed by atoms with E-state index >= 15 is 0 Å². The molecule has 17 heavy (non-hydrogen) atoms. The summed E-state index contributed by atoms with van der Waals surface area (Å²) >= 11 is 0. The predicted octanol–water partition coefficient (Wildman–Crippen LogP) is 2.62. The van der Waals surface area contributed by atoms with Crippen LogP contribution in [0.2, 0.25) is 0 Å². The normalized spacial score (nSPS) is 40.8. The summed E-state index contributed by atoms with van der Waals surface area (Å²) in [4.78, 5) is 24.1. The van der Waals surface area contributed by atoms with Crippen LogP contribution in [0.1, 0.15) is 33.6 Å². The van der Waals surface area contributed by atoms with Gasteiger partial charge in [-0.1, -0.05) is 38.2 Å². The van der Waals surface area contributed by atoms with Crippen molar-refractivity contribution >= 4 is 11.9 Å². The van der Waals surface area contributed by atoms with E-state index in [1.807, 2.05) is 45.1 Å². The van der Waals surface area contributed by atoms with Crippen LogP contribution in [0.4, 0.5) is 0 Å². The van der Waals surface area contributed by atoms with E-state index in [0.29, 0.717) is 0 Å². The van der Waals surface area contributed by atoms with Crippen molar-refractivity contribution < 1.29 is 14.3 Å². The van der Waals surface area contributed by atoms with Crippen LogP contribution in [0.25, 0.3) is 0 Å². The largest absolute Gasteiger partial charge is 0.392 e. The second-order valence-electron chi connectivity index (χ2n) is 5.10. The van der Waals surface area contributed by atoms with E-state index in [2.05, 4.69) is 0 Å². The third kappa shape index (κ3) is 1.34. The molecule has 0 saturated carbocycles.